The van der Waals surface area contributed by atoms with E-state index in [-0.39, 0.29) is 18.9 Å². The van der Waals surface area contributed by atoms with Gasteiger partial charge in [-0.05, 0) is 28.8 Å². The monoisotopic (exact) mass is 357 g/mol. The van der Waals surface area contributed by atoms with Crippen molar-refractivity contribution in [3.63, 3.8) is 0 Å². The van der Waals surface area contributed by atoms with Crippen LogP contribution in [-0.4, -0.2) is 46.4 Å². The highest BCUT2D eigenvalue weighted by atomic mass is 79.9. The van der Waals surface area contributed by atoms with E-state index >= 15 is 0 Å². The Bertz CT molecular complexity index is 554. The van der Waals surface area contributed by atoms with Crippen molar-refractivity contribution in [2.24, 2.45) is 0 Å². The third kappa shape index (κ3) is 3.92. The van der Waals surface area contributed by atoms with Crippen LogP contribution in [0.4, 0.5) is 0 Å². The zero-order chi connectivity index (χ0) is 15.4. The number of hydrogen-bond acceptors (Lipinski definition) is 4. The Balaban J connectivity index is 2.00. The van der Waals surface area contributed by atoms with E-state index < -0.39 is 17.9 Å². The quantitative estimate of drug-likeness (QED) is 0.482. The van der Waals surface area contributed by atoms with Crippen molar-refractivity contribution in [3.05, 3.63) is 28.5 Å². The van der Waals surface area contributed by atoms with E-state index in [9.17, 15) is 9.59 Å². The summed E-state index contributed by atoms with van der Waals surface area (Å²) in [5.74, 6) is -1.32. The van der Waals surface area contributed by atoms with Crippen molar-refractivity contribution in [2.75, 3.05) is 13.2 Å². The van der Waals surface area contributed by atoms with Crippen molar-refractivity contribution in [1.82, 2.24) is 15.5 Å². The van der Waals surface area contributed by atoms with Gasteiger partial charge in [-0.15, -0.1) is 6.58 Å². The van der Waals surface area contributed by atoms with Crippen LogP contribution in [0.5, 0.6) is 0 Å². The summed E-state index contributed by atoms with van der Waals surface area (Å²) in [7, 11) is 0. The molecule has 0 aliphatic heterocycles. The lowest BCUT2D eigenvalue weighted by Crippen LogP contribution is -2.44. The maximum Gasteiger partial charge on any atom is 0.328 e. The summed E-state index contributed by atoms with van der Waals surface area (Å²) < 4.78 is 5.67. The topological polar surface area (TPSA) is 104 Å². The van der Waals surface area contributed by atoms with E-state index in [2.05, 4.69) is 38.0 Å². The lowest BCUT2D eigenvalue weighted by molar-refractivity contribution is -0.140. The molecule has 1 aliphatic carbocycles. The zero-order valence-corrected chi connectivity index (χ0v) is 12.9. The van der Waals surface area contributed by atoms with Gasteiger partial charge < -0.3 is 15.2 Å². The second kappa shape index (κ2) is 6.86. The number of aromatic amines is 1. The maximum atomic E-state index is 12.1. The molecule has 1 fully saturated rings. The fourth-order valence-corrected chi connectivity index (χ4v) is 2.49. The third-order valence-electron chi connectivity index (χ3n) is 3.06. The number of carboxylic acid groups (broad SMARTS) is 1. The Labute approximate surface area is 129 Å². The summed E-state index contributed by atoms with van der Waals surface area (Å²) in [6, 6.07) is -1.13. The molecule has 114 valence electrons. The molecule has 21 heavy (non-hydrogen) atoms. The van der Waals surface area contributed by atoms with Crippen LogP contribution in [0.3, 0.4) is 0 Å². The fraction of sp³-hybridized carbons (Fsp3) is 0.462. The largest absolute Gasteiger partial charge is 0.480 e. The molecule has 8 heteroatoms. The maximum absolute atomic E-state index is 12.1. The van der Waals surface area contributed by atoms with Crippen LogP contribution in [-0.2, 0) is 9.53 Å². The first-order valence-corrected chi connectivity index (χ1v) is 7.30. The van der Waals surface area contributed by atoms with Crippen LogP contribution in [0.15, 0.2) is 17.1 Å². The molecular formula is C13H16BrN3O4. The van der Waals surface area contributed by atoms with Gasteiger partial charge in [0.25, 0.3) is 5.91 Å². The number of nitrogens with one attached hydrogen (secondary N) is 2. The summed E-state index contributed by atoms with van der Waals surface area (Å²) in [6.07, 6.45) is 3.64. The molecule has 1 aromatic heterocycles. The highest BCUT2D eigenvalue weighted by Crippen LogP contribution is 2.42. The molecule has 7 nitrogen and oxygen atoms in total. The fourth-order valence-electron chi connectivity index (χ4n) is 1.81. The molecule has 0 radical (unpaired) electrons. The Morgan fingerprint density at radius 3 is 2.90 bits per heavy atom. The van der Waals surface area contributed by atoms with Gasteiger partial charge in [0.2, 0.25) is 0 Å². The van der Waals surface area contributed by atoms with Gasteiger partial charge in [0.05, 0.1) is 23.4 Å². The van der Waals surface area contributed by atoms with E-state index in [0.29, 0.717) is 10.4 Å². The number of H-pyrrole nitrogens is 1. The molecule has 0 spiro atoms. The van der Waals surface area contributed by atoms with Gasteiger partial charge >= 0.3 is 5.97 Å². The normalized spacial score (nSPS) is 15.5. The van der Waals surface area contributed by atoms with E-state index in [1.165, 1.54) is 6.08 Å². The van der Waals surface area contributed by atoms with Crippen LogP contribution >= 0.6 is 15.9 Å². The van der Waals surface area contributed by atoms with Gasteiger partial charge in [-0.1, -0.05) is 6.08 Å². The van der Waals surface area contributed by atoms with Gasteiger partial charge in [0.15, 0.2) is 11.7 Å². The number of carbonyl (C=O) groups excluding carboxylic acids is 1. The molecule has 1 unspecified atom stereocenters. The Kier molecular flexibility index (Phi) is 5.13. The van der Waals surface area contributed by atoms with Crippen molar-refractivity contribution >= 4 is 27.8 Å². The van der Waals surface area contributed by atoms with Crippen molar-refractivity contribution < 1.29 is 19.4 Å². The molecule has 1 aromatic rings. The van der Waals surface area contributed by atoms with Crippen LogP contribution in [0.25, 0.3) is 0 Å². The Morgan fingerprint density at radius 2 is 2.33 bits per heavy atom. The zero-order valence-electron chi connectivity index (χ0n) is 11.3. The van der Waals surface area contributed by atoms with Gasteiger partial charge in [-0.2, -0.15) is 5.10 Å². The molecular weight excluding hydrogens is 342 g/mol. The average Bonchev–Trinajstić information content (AvgIpc) is 3.20. The summed E-state index contributed by atoms with van der Waals surface area (Å²) >= 11 is 3.34. The smallest absolute Gasteiger partial charge is 0.328 e. The molecule has 0 saturated heterocycles. The van der Waals surface area contributed by atoms with Crippen molar-refractivity contribution in [1.29, 1.82) is 0 Å². The molecule has 1 atom stereocenters. The number of rotatable bonds is 8. The van der Waals surface area contributed by atoms with E-state index in [1.54, 1.807) is 0 Å². The molecule has 1 aliphatic rings. The van der Waals surface area contributed by atoms with Crippen molar-refractivity contribution in [2.45, 2.75) is 24.8 Å². The highest BCUT2D eigenvalue weighted by molar-refractivity contribution is 9.10. The molecule has 1 amide bonds. The summed E-state index contributed by atoms with van der Waals surface area (Å²) in [5.41, 5.74) is 1.04. The van der Waals surface area contributed by atoms with E-state index in [1.807, 2.05) is 0 Å². The third-order valence-corrected chi connectivity index (χ3v) is 3.86. The first-order chi connectivity index (χ1) is 10.0. The first kappa shape index (κ1) is 15.7. The van der Waals surface area contributed by atoms with Gasteiger partial charge in [0, 0.05) is 5.92 Å². The number of halogens is 1. The Hall–Kier alpha value is -1.67. The minimum absolute atomic E-state index is 0.134. The molecule has 3 N–H and O–H groups in total. The molecule has 2 rings (SSSR count). The number of nitrogens with zero attached hydrogens (tertiary/aromatic N) is 1. The lowest BCUT2D eigenvalue weighted by Gasteiger charge is -2.13. The predicted octanol–water partition coefficient (Wildman–Crippen LogP) is 1.44. The predicted molar refractivity (Wildman–Crippen MR) is 78.2 cm³/mol. The van der Waals surface area contributed by atoms with Crippen LogP contribution in [0, 0.1) is 0 Å². The van der Waals surface area contributed by atoms with Gasteiger partial charge in [0.1, 0.15) is 0 Å². The van der Waals surface area contributed by atoms with Crippen LogP contribution in [0.1, 0.15) is 34.9 Å². The standard InChI is InChI=1S/C13H16BrN3O4/c1-2-5-21-6-8(13(19)20)15-12(18)11-9(14)10(16-17-11)7-3-4-7/h2,7-8H,1,3-6H2,(H,15,18)(H,16,17)(H,19,20). The van der Waals surface area contributed by atoms with E-state index in [0.717, 1.165) is 18.5 Å². The van der Waals surface area contributed by atoms with Crippen molar-refractivity contribution in [3.8, 4) is 0 Å². The summed E-state index contributed by atoms with van der Waals surface area (Å²) in [5, 5.41) is 18.2. The second-order valence-corrected chi connectivity index (χ2v) is 5.56. The lowest BCUT2D eigenvalue weighted by atomic mass is 10.2. The van der Waals surface area contributed by atoms with E-state index in [4.69, 9.17) is 9.84 Å². The number of ether oxygens (including phenoxy) is 1. The highest BCUT2D eigenvalue weighted by Gasteiger charge is 2.31. The summed E-state index contributed by atoms with van der Waals surface area (Å²) in [4.78, 5) is 23.2. The molecule has 0 aromatic carbocycles. The molecule has 1 heterocycles. The van der Waals surface area contributed by atoms with Crippen LogP contribution < -0.4 is 5.32 Å². The number of aromatic nitrogens is 2. The first-order valence-electron chi connectivity index (χ1n) is 6.50. The number of aliphatic carboxylic acids is 1. The van der Waals surface area contributed by atoms with Gasteiger partial charge in [-0.3, -0.25) is 9.89 Å². The van der Waals surface area contributed by atoms with Crippen LogP contribution in [0.2, 0.25) is 0 Å². The Morgan fingerprint density at radius 1 is 1.62 bits per heavy atom. The minimum atomic E-state index is -1.17. The second-order valence-electron chi connectivity index (χ2n) is 4.76. The number of carbonyl (C=O) groups is 2. The number of carboxylic acids is 1. The SMILES string of the molecule is C=CCOCC(NC(=O)c1n[nH]c(C2CC2)c1Br)C(=O)O. The number of amides is 1. The minimum Gasteiger partial charge on any atom is -0.480 e. The molecule has 1 saturated carbocycles. The number of hydrogen-bond donors (Lipinski definition) is 3. The summed E-state index contributed by atoms with van der Waals surface area (Å²) in [6.45, 7) is 3.55. The average molecular weight is 358 g/mol. The van der Waals surface area contributed by atoms with Gasteiger partial charge in [-0.25, -0.2) is 4.79 Å². The molecule has 0 bridgehead atoms.